The number of carbonyl (C=O) groups is 2. The minimum atomic E-state index is -0.480. The number of hydrogen-bond acceptors (Lipinski definition) is 8. The second-order valence-electron chi connectivity index (χ2n) is 4.93. The number of aromatic nitrogens is 1. The summed E-state index contributed by atoms with van der Waals surface area (Å²) in [6.45, 7) is 1.68. The van der Waals surface area contributed by atoms with E-state index in [1.165, 1.54) is 21.3 Å². The molecule has 0 saturated carbocycles. The molecule has 138 valence electrons. The Balaban J connectivity index is 2.08. The van der Waals surface area contributed by atoms with Crippen molar-refractivity contribution in [1.82, 2.24) is 10.3 Å². The van der Waals surface area contributed by atoms with E-state index in [-0.39, 0.29) is 5.11 Å². The number of aryl methyl sites for hydroxylation is 1. The van der Waals surface area contributed by atoms with Gasteiger partial charge in [0.1, 0.15) is 16.4 Å². The van der Waals surface area contributed by atoms with Gasteiger partial charge in [-0.1, -0.05) is 11.3 Å². The fourth-order valence-electron chi connectivity index (χ4n) is 1.97. The molecule has 0 fully saturated rings. The van der Waals surface area contributed by atoms with Gasteiger partial charge < -0.3 is 19.5 Å². The summed E-state index contributed by atoms with van der Waals surface area (Å²) in [7, 11) is 4.28. The topological polar surface area (TPSA) is 98.8 Å². The second kappa shape index (κ2) is 8.59. The molecule has 1 aromatic carbocycles. The maximum absolute atomic E-state index is 12.4. The highest BCUT2D eigenvalue weighted by Gasteiger charge is 2.17. The van der Waals surface area contributed by atoms with Crippen molar-refractivity contribution in [3.8, 4) is 11.5 Å². The molecule has 0 spiro atoms. The molecule has 8 nitrogen and oxygen atoms in total. The van der Waals surface area contributed by atoms with Crippen LogP contribution in [0, 0.1) is 6.92 Å². The van der Waals surface area contributed by atoms with Crippen molar-refractivity contribution >= 4 is 45.7 Å². The normalized spacial score (nSPS) is 10.0. The highest BCUT2D eigenvalue weighted by Crippen LogP contribution is 2.24. The number of ether oxygens (including phenoxy) is 3. The van der Waals surface area contributed by atoms with Gasteiger partial charge in [-0.25, -0.2) is 9.78 Å². The standard InChI is InChI=1S/C16H17N3O5S2/c1-8-12(14(21)24-4)26-16(17-8)19-15(25)18-13(20)9-5-10(22-2)7-11(6-9)23-3/h5-7H,1-4H3,(H2,17,18,19,20,25). The Morgan fingerprint density at radius 3 is 2.27 bits per heavy atom. The molecule has 0 aliphatic rings. The minimum Gasteiger partial charge on any atom is -0.497 e. The van der Waals surface area contributed by atoms with Crippen LogP contribution in [0.1, 0.15) is 25.7 Å². The van der Waals surface area contributed by atoms with Crippen molar-refractivity contribution in [2.24, 2.45) is 0 Å². The quantitative estimate of drug-likeness (QED) is 0.588. The van der Waals surface area contributed by atoms with Gasteiger partial charge in [0.25, 0.3) is 5.91 Å². The molecule has 26 heavy (non-hydrogen) atoms. The third-order valence-corrected chi connectivity index (χ3v) is 4.49. The van der Waals surface area contributed by atoms with Crippen LogP contribution in [0.2, 0.25) is 0 Å². The number of amides is 1. The number of nitrogens with zero attached hydrogens (tertiary/aromatic N) is 1. The van der Waals surface area contributed by atoms with Gasteiger partial charge in [0.05, 0.1) is 27.0 Å². The fourth-order valence-corrected chi connectivity index (χ4v) is 3.12. The Morgan fingerprint density at radius 1 is 1.12 bits per heavy atom. The van der Waals surface area contributed by atoms with Gasteiger partial charge >= 0.3 is 5.97 Å². The van der Waals surface area contributed by atoms with Gasteiger partial charge in [-0.15, -0.1) is 0 Å². The van der Waals surface area contributed by atoms with Crippen LogP contribution < -0.4 is 20.1 Å². The van der Waals surface area contributed by atoms with E-state index in [9.17, 15) is 9.59 Å². The Bertz CT molecular complexity index is 828. The van der Waals surface area contributed by atoms with Crippen molar-refractivity contribution in [2.45, 2.75) is 6.92 Å². The summed E-state index contributed by atoms with van der Waals surface area (Å²) in [6.07, 6.45) is 0. The number of methoxy groups -OCH3 is 3. The summed E-state index contributed by atoms with van der Waals surface area (Å²) < 4.78 is 15.0. The van der Waals surface area contributed by atoms with Gasteiger partial charge in [-0.3, -0.25) is 10.1 Å². The highest BCUT2D eigenvalue weighted by atomic mass is 32.1. The number of rotatable bonds is 5. The predicted molar refractivity (Wildman–Crippen MR) is 101 cm³/mol. The van der Waals surface area contributed by atoms with Gasteiger partial charge in [-0.2, -0.15) is 0 Å². The van der Waals surface area contributed by atoms with E-state index in [1.54, 1.807) is 25.1 Å². The summed E-state index contributed by atoms with van der Waals surface area (Å²) in [5.41, 5.74) is 0.826. The molecular formula is C16H17N3O5S2. The molecule has 0 bridgehead atoms. The van der Waals surface area contributed by atoms with E-state index in [2.05, 4.69) is 20.4 Å². The average molecular weight is 395 g/mol. The summed E-state index contributed by atoms with van der Waals surface area (Å²) in [5, 5.41) is 5.73. The number of nitrogens with one attached hydrogen (secondary N) is 2. The number of anilines is 1. The molecule has 2 N–H and O–H groups in total. The van der Waals surface area contributed by atoms with Crippen molar-refractivity contribution in [1.29, 1.82) is 0 Å². The zero-order valence-electron chi connectivity index (χ0n) is 14.5. The molecule has 0 saturated heterocycles. The van der Waals surface area contributed by atoms with Gasteiger partial charge in [0.2, 0.25) is 0 Å². The summed E-state index contributed by atoms with van der Waals surface area (Å²) in [6, 6.07) is 4.77. The monoisotopic (exact) mass is 395 g/mol. The van der Waals surface area contributed by atoms with Crippen LogP contribution in [0.25, 0.3) is 0 Å². The average Bonchev–Trinajstić information content (AvgIpc) is 3.00. The largest absolute Gasteiger partial charge is 0.497 e. The highest BCUT2D eigenvalue weighted by molar-refractivity contribution is 7.80. The maximum Gasteiger partial charge on any atom is 0.350 e. The molecule has 0 unspecified atom stereocenters. The number of thiazole rings is 1. The molecule has 1 heterocycles. The zero-order chi connectivity index (χ0) is 19.3. The van der Waals surface area contributed by atoms with E-state index in [1.807, 2.05) is 0 Å². The number of thiocarbonyl (C=S) groups is 1. The number of benzene rings is 1. The first kappa shape index (κ1) is 19.6. The number of carbonyl (C=O) groups excluding carboxylic acids is 2. The van der Waals surface area contributed by atoms with E-state index in [0.29, 0.717) is 32.8 Å². The van der Waals surface area contributed by atoms with Crippen LogP contribution in [0.15, 0.2) is 18.2 Å². The molecule has 0 atom stereocenters. The molecule has 1 aromatic heterocycles. The molecule has 2 rings (SSSR count). The summed E-state index contributed by atoms with van der Waals surface area (Å²) in [5.74, 6) is 0.0333. The van der Waals surface area contributed by atoms with Crippen LogP contribution in [0.4, 0.5) is 5.13 Å². The maximum atomic E-state index is 12.4. The first-order chi connectivity index (χ1) is 12.4. The van der Waals surface area contributed by atoms with Crippen LogP contribution in [-0.2, 0) is 4.74 Å². The van der Waals surface area contributed by atoms with Crippen LogP contribution >= 0.6 is 23.6 Å². The molecule has 0 radical (unpaired) electrons. The third-order valence-electron chi connectivity index (χ3n) is 3.23. The van der Waals surface area contributed by atoms with E-state index >= 15 is 0 Å². The van der Waals surface area contributed by atoms with Crippen molar-refractivity contribution < 1.29 is 23.8 Å². The minimum absolute atomic E-state index is 0.0435. The Morgan fingerprint density at radius 2 is 1.73 bits per heavy atom. The Kier molecular flexibility index (Phi) is 6.47. The summed E-state index contributed by atoms with van der Waals surface area (Å²) in [4.78, 5) is 28.5. The number of esters is 1. The van der Waals surface area contributed by atoms with Crippen molar-refractivity contribution in [3.05, 3.63) is 34.3 Å². The predicted octanol–water partition coefficient (Wildman–Crippen LogP) is 2.38. The Labute approximate surface area is 159 Å². The van der Waals surface area contributed by atoms with Crippen LogP contribution in [0.5, 0.6) is 11.5 Å². The lowest BCUT2D eigenvalue weighted by molar-refractivity contribution is 0.0605. The van der Waals surface area contributed by atoms with Crippen LogP contribution in [-0.4, -0.2) is 43.3 Å². The smallest absolute Gasteiger partial charge is 0.350 e. The van der Waals surface area contributed by atoms with E-state index in [0.717, 1.165) is 11.3 Å². The van der Waals surface area contributed by atoms with E-state index < -0.39 is 11.9 Å². The van der Waals surface area contributed by atoms with E-state index in [4.69, 9.17) is 21.7 Å². The van der Waals surface area contributed by atoms with Gasteiger partial charge in [0.15, 0.2) is 10.2 Å². The molecule has 0 aliphatic carbocycles. The fraction of sp³-hybridized carbons (Fsp3) is 0.250. The van der Waals surface area contributed by atoms with Gasteiger partial charge in [-0.05, 0) is 31.3 Å². The third kappa shape index (κ3) is 4.67. The lowest BCUT2D eigenvalue weighted by Gasteiger charge is -2.10. The zero-order valence-corrected chi connectivity index (χ0v) is 16.2. The lowest BCUT2D eigenvalue weighted by atomic mass is 10.2. The Hall–Kier alpha value is -2.72. The van der Waals surface area contributed by atoms with Gasteiger partial charge in [0, 0.05) is 11.6 Å². The first-order valence-corrected chi connectivity index (χ1v) is 8.51. The number of hydrogen-bond donors (Lipinski definition) is 2. The first-order valence-electron chi connectivity index (χ1n) is 7.29. The molecule has 1 amide bonds. The summed E-state index contributed by atoms with van der Waals surface area (Å²) >= 11 is 6.21. The van der Waals surface area contributed by atoms with Crippen molar-refractivity contribution in [3.63, 3.8) is 0 Å². The molecule has 2 aromatic rings. The molecular weight excluding hydrogens is 378 g/mol. The van der Waals surface area contributed by atoms with Crippen LogP contribution in [0.3, 0.4) is 0 Å². The lowest BCUT2D eigenvalue weighted by Crippen LogP contribution is -2.34. The second-order valence-corrected chi connectivity index (χ2v) is 6.34. The van der Waals surface area contributed by atoms with Crippen molar-refractivity contribution in [2.75, 3.05) is 26.6 Å². The molecule has 10 heteroatoms. The molecule has 0 aliphatic heterocycles. The SMILES string of the molecule is COC(=O)c1sc(NC(=S)NC(=O)c2cc(OC)cc(OC)c2)nc1C.